The quantitative estimate of drug-likeness (QED) is 0.670. The molecule has 0 spiro atoms. The highest BCUT2D eigenvalue weighted by Crippen LogP contribution is 2.14. The molecule has 9 nitrogen and oxygen atoms in total. The Kier molecular flexibility index (Phi) is 7.20. The summed E-state index contributed by atoms with van der Waals surface area (Å²) in [6.07, 6.45) is 3.12. The third kappa shape index (κ3) is 5.87. The number of benzene rings is 1. The number of carbonyl (C=O) groups excluding carboxylic acids is 2. The van der Waals surface area contributed by atoms with Crippen LogP contribution in [0.5, 0.6) is 0 Å². The molecular weight excluding hydrogens is 382 g/mol. The van der Waals surface area contributed by atoms with Gasteiger partial charge in [-0.15, -0.1) is 0 Å². The first-order valence-electron chi connectivity index (χ1n) is 8.26. The van der Waals surface area contributed by atoms with Crippen LogP contribution < -0.4 is 10.6 Å². The van der Waals surface area contributed by atoms with Gasteiger partial charge in [-0.2, -0.15) is 9.57 Å². The van der Waals surface area contributed by atoms with Gasteiger partial charge in [-0.05, 0) is 36.4 Å². The third-order valence-electron chi connectivity index (χ3n) is 3.68. The van der Waals surface area contributed by atoms with Crippen LogP contribution in [-0.2, 0) is 19.6 Å². The number of nitrogens with one attached hydrogen (secondary N) is 2. The summed E-state index contributed by atoms with van der Waals surface area (Å²) in [5.41, 5.74) is 0.885. The van der Waals surface area contributed by atoms with Gasteiger partial charge in [0.2, 0.25) is 21.8 Å². The third-order valence-corrected chi connectivity index (χ3v) is 5.50. The van der Waals surface area contributed by atoms with Gasteiger partial charge in [0, 0.05) is 26.2 Å². The lowest BCUT2D eigenvalue weighted by Gasteiger charge is -2.17. The maximum atomic E-state index is 12.4. The molecular formula is C18H19N5O4S. The smallest absolute Gasteiger partial charge is 0.243 e. The van der Waals surface area contributed by atoms with Crippen molar-refractivity contribution in [3.8, 4) is 6.07 Å². The Bertz CT molecular complexity index is 969. The van der Waals surface area contributed by atoms with E-state index in [0.29, 0.717) is 11.3 Å². The van der Waals surface area contributed by atoms with Crippen molar-refractivity contribution < 1.29 is 18.0 Å². The minimum absolute atomic E-state index is 0.0161. The molecule has 0 fully saturated rings. The van der Waals surface area contributed by atoms with Crippen molar-refractivity contribution in [2.45, 2.75) is 11.3 Å². The maximum absolute atomic E-state index is 12.4. The molecule has 146 valence electrons. The Morgan fingerprint density at radius 3 is 2.50 bits per heavy atom. The number of nitriles is 1. The molecule has 0 aliphatic carbocycles. The minimum Gasteiger partial charge on any atom is -0.354 e. The number of amides is 2. The van der Waals surface area contributed by atoms with Crippen molar-refractivity contribution in [3.05, 3.63) is 54.4 Å². The fourth-order valence-electron chi connectivity index (χ4n) is 2.20. The van der Waals surface area contributed by atoms with E-state index in [0.717, 1.165) is 4.31 Å². The van der Waals surface area contributed by atoms with E-state index in [9.17, 15) is 18.0 Å². The van der Waals surface area contributed by atoms with Gasteiger partial charge >= 0.3 is 0 Å². The molecule has 28 heavy (non-hydrogen) atoms. The van der Waals surface area contributed by atoms with Crippen LogP contribution >= 0.6 is 0 Å². The van der Waals surface area contributed by atoms with Crippen LogP contribution in [0.3, 0.4) is 0 Å². The van der Waals surface area contributed by atoms with Crippen LogP contribution in [-0.4, -0.2) is 49.7 Å². The zero-order valence-electron chi connectivity index (χ0n) is 15.1. The van der Waals surface area contributed by atoms with E-state index in [1.807, 2.05) is 6.07 Å². The average Bonchev–Trinajstić information content (AvgIpc) is 2.68. The molecule has 0 saturated carbocycles. The molecule has 0 aliphatic heterocycles. The van der Waals surface area contributed by atoms with Crippen LogP contribution in [0, 0.1) is 11.3 Å². The first-order chi connectivity index (χ1) is 13.3. The normalized spacial score (nSPS) is 10.9. The molecule has 0 radical (unpaired) electrons. The summed E-state index contributed by atoms with van der Waals surface area (Å²) >= 11 is 0. The van der Waals surface area contributed by atoms with E-state index in [4.69, 9.17) is 5.26 Å². The van der Waals surface area contributed by atoms with Crippen molar-refractivity contribution in [1.82, 2.24) is 14.6 Å². The fraction of sp³-hybridized carbons (Fsp3) is 0.222. The van der Waals surface area contributed by atoms with Crippen LogP contribution in [0.1, 0.15) is 12.0 Å². The topological polar surface area (TPSA) is 132 Å². The lowest BCUT2D eigenvalue weighted by atomic mass is 10.2. The SMILES string of the molecule is CN(CC(=O)NCCC(=O)Nc1cccnc1)S(=O)(=O)c1ccc(C#N)cc1. The monoisotopic (exact) mass is 401 g/mol. The summed E-state index contributed by atoms with van der Waals surface area (Å²) in [5.74, 6) is -0.833. The Morgan fingerprint density at radius 1 is 1.18 bits per heavy atom. The van der Waals surface area contributed by atoms with E-state index < -0.39 is 22.5 Å². The second-order valence-electron chi connectivity index (χ2n) is 5.79. The lowest BCUT2D eigenvalue weighted by Crippen LogP contribution is -2.39. The number of hydrogen-bond donors (Lipinski definition) is 2. The van der Waals surface area contributed by atoms with E-state index in [2.05, 4.69) is 15.6 Å². The molecule has 2 rings (SSSR count). The highest BCUT2D eigenvalue weighted by atomic mass is 32.2. The van der Waals surface area contributed by atoms with Crippen molar-refractivity contribution in [2.24, 2.45) is 0 Å². The van der Waals surface area contributed by atoms with Gasteiger partial charge in [-0.1, -0.05) is 0 Å². The number of nitrogens with zero attached hydrogens (tertiary/aromatic N) is 3. The molecule has 1 aromatic heterocycles. The van der Waals surface area contributed by atoms with E-state index in [1.165, 1.54) is 37.5 Å². The second-order valence-corrected chi connectivity index (χ2v) is 7.83. The number of rotatable bonds is 8. The van der Waals surface area contributed by atoms with Gasteiger partial charge < -0.3 is 10.6 Å². The number of sulfonamides is 1. The number of carbonyl (C=O) groups is 2. The second kappa shape index (κ2) is 9.59. The number of likely N-dealkylation sites (N-methyl/N-ethyl adjacent to an activating group) is 1. The maximum Gasteiger partial charge on any atom is 0.243 e. The van der Waals surface area contributed by atoms with Crippen molar-refractivity contribution in [1.29, 1.82) is 5.26 Å². The van der Waals surface area contributed by atoms with Crippen molar-refractivity contribution in [3.63, 3.8) is 0 Å². The average molecular weight is 401 g/mol. The fourth-order valence-corrected chi connectivity index (χ4v) is 3.33. The Labute approximate surface area is 163 Å². The molecule has 10 heteroatoms. The van der Waals surface area contributed by atoms with Crippen LogP contribution in [0.2, 0.25) is 0 Å². The summed E-state index contributed by atoms with van der Waals surface area (Å²) in [7, 11) is -2.58. The van der Waals surface area contributed by atoms with Gasteiger partial charge in [-0.3, -0.25) is 14.6 Å². The first kappa shape index (κ1) is 21.0. The molecule has 2 amide bonds. The molecule has 2 aromatic rings. The number of pyridine rings is 1. The van der Waals surface area contributed by atoms with Gasteiger partial charge in [0.1, 0.15) is 0 Å². The molecule has 0 atom stereocenters. The minimum atomic E-state index is -3.86. The van der Waals surface area contributed by atoms with Gasteiger partial charge in [0.05, 0.1) is 35.0 Å². The summed E-state index contributed by atoms with van der Waals surface area (Å²) in [5, 5.41) is 13.9. The molecule has 1 aromatic carbocycles. The molecule has 0 unspecified atom stereocenters. The largest absolute Gasteiger partial charge is 0.354 e. The zero-order valence-corrected chi connectivity index (χ0v) is 15.9. The molecule has 0 aliphatic rings. The number of hydrogen-bond acceptors (Lipinski definition) is 6. The lowest BCUT2D eigenvalue weighted by molar-refractivity contribution is -0.121. The Morgan fingerprint density at radius 2 is 1.89 bits per heavy atom. The van der Waals surface area contributed by atoms with Crippen LogP contribution in [0.25, 0.3) is 0 Å². The standard InChI is InChI=1S/C18H19N5O4S/c1-23(28(26,27)16-6-4-14(11-19)5-7-16)13-18(25)21-10-8-17(24)22-15-3-2-9-20-12-15/h2-7,9,12H,8,10,13H2,1H3,(H,21,25)(H,22,24). The first-order valence-corrected chi connectivity index (χ1v) is 9.70. The van der Waals surface area contributed by atoms with Gasteiger partial charge in [0.25, 0.3) is 0 Å². The van der Waals surface area contributed by atoms with Crippen molar-refractivity contribution >= 4 is 27.5 Å². The van der Waals surface area contributed by atoms with E-state index in [1.54, 1.807) is 18.3 Å². The summed E-state index contributed by atoms with van der Waals surface area (Å²) in [6.45, 7) is -0.331. The summed E-state index contributed by atoms with van der Waals surface area (Å²) in [4.78, 5) is 27.6. The van der Waals surface area contributed by atoms with Crippen LogP contribution in [0.4, 0.5) is 5.69 Å². The van der Waals surface area contributed by atoms with Crippen molar-refractivity contribution in [2.75, 3.05) is 25.5 Å². The molecule has 2 N–H and O–H groups in total. The van der Waals surface area contributed by atoms with Gasteiger partial charge in [0.15, 0.2) is 0 Å². The Hall–Kier alpha value is -3.29. The molecule has 0 bridgehead atoms. The predicted molar refractivity (Wildman–Crippen MR) is 101 cm³/mol. The highest BCUT2D eigenvalue weighted by molar-refractivity contribution is 7.89. The van der Waals surface area contributed by atoms with Gasteiger partial charge in [-0.25, -0.2) is 8.42 Å². The summed E-state index contributed by atoms with van der Waals surface area (Å²) < 4.78 is 25.8. The van der Waals surface area contributed by atoms with E-state index in [-0.39, 0.29) is 23.8 Å². The zero-order chi connectivity index (χ0) is 20.6. The highest BCUT2D eigenvalue weighted by Gasteiger charge is 2.22. The van der Waals surface area contributed by atoms with Crippen LogP contribution in [0.15, 0.2) is 53.7 Å². The number of aromatic nitrogens is 1. The Balaban J connectivity index is 1.81. The molecule has 0 saturated heterocycles. The predicted octanol–water partition coefficient (Wildman–Crippen LogP) is 0.719. The number of anilines is 1. The van der Waals surface area contributed by atoms with E-state index >= 15 is 0 Å². The summed E-state index contributed by atoms with van der Waals surface area (Å²) in [6, 6.07) is 10.7. The molecule has 1 heterocycles.